The van der Waals surface area contributed by atoms with Crippen LogP contribution in [-0.4, -0.2) is 14.5 Å². The minimum absolute atomic E-state index is 0.147. The lowest BCUT2D eigenvalue weighted by atomic mass is 10.1. The van der Waals surface area contributed by atoms with Crippen LogP contribution in [0.1, 0.15) is 25.0 Å². The Hall–Kier alpha value is -2.22. The van der Waals surface area contributed by atoms with E-state index in [2.05, 4.69) is 10.0 Å². The Morgan fingerprint density at radius 3 is 2.32 bits per heavy atom. The minimum Gasteiger partial charge on any atom is -0.383 e. The Morgan fingerprint density at radius 2 is 1.72 bits per heavy atom. The Morgan fingerprint density at radius 1 is 1.04 bits per heavy atom. The van der Waals surface area contributed by atoms with Gasteiger partial charge in [-0.2, -0.15) is 13.2 Å². The van der Waals surface area contributed by atoms with E-state index in [1.165, 1.54) is 0 Å². The van der Waals surface area contributed by atoms with E-state index in [-0.39, 0.29) is 11.7 Å². The monoisotopic (exact) mass is 372 g/mol. The van der Waals surface area contributed by atoms with E-state index in [0.29, 0.717) is 6.07 Å². The van der Waals surface area contributed by atoms with Gasteiger partial charge in [-0.3, -0.25) is 4.72 Å². The van der Waals surface area contributed by atoms with Gasteiger partial charge in [-0.15, -0.1) is 0 Å². The maximum Gasteiger partial charge on any atom is 0.416 e. The van der Waals surface area contributed by atoms with Crippen molar-refractivity contribution < 1.29 is 21.6 Å². The molecule has 0 unspecified atom stereocenters. The second-order valence-corrected chi connectivity index (χ2v) is 7.64. The predicted octanol–water partition coefficient (Wildman–Crippen LogP) is 4.63. The molecule has 0 amide bonds. The highest BCUT2D eigenvalue weighted by Crippen LogP contribution is 2.31. The highest BCUT2D eigenvalue weighted by atomic mass is 32.2. The van der Waals surface area contributed by atoms with Crippen LogP contribution in [-0.2, 0) is 16.2 Å². The maximum atomic E-state index is 12.8. The molecule has 0 saturated carbocycles. The molecule has 0 aliphatic carbocycles. The molecule has 8 heteroatoms. The summed E-state index contributed by atoms with van der Waals surface area (Å²) in [5.74, 6) is 0. The number of hydrogen-bond donors (Lipinski definition) is 2. The summed E-state index contributed by atoms with van der Waals surface area (Å²) >= 11 is 0. The van der Waals surface area contributed by atoms with Gasteiger partial charge < -0.3 is 5.32 Å². The number of anilines is 2. The second kappa shape index (κ2) is 6.95. The standard InChI is InChI=1S/C17H19F3N2O2S/c1-11(2)21-16-10-14(8-7-12(16)3)22-25(23,24)15-6-4-5-13(9-15)17(18,19)20/h4-11,21-22H,1-3H3. The quantitative estimate of drug-likeness (QED) is 0.804. The van der Waals surface area contributed by atoms with Gasteiger partial charge in [-0.25, -0.2) is 8.42 Å². The van der Waals surface area contributed by atoms with Crippen LogP contribution in [0.5, 0.6) is 0 Å². The van der Waals surface area contributed by atoms with Crippen LogP contribution in [0.3, 0.4) is 0 Å². The summed E-state index contributed by atoms with van der Waals surface area (Å²) in [5.41, 5.74) is 0.933. The van der Waals surface area contributed by atoms with Crippen molar-refractivity contribution in [2.75, 3.05) is 10.0 Å². The number of hydrogen-bond acceptors (Lipinski definition) is 3. The number of benzene rings is 2. The van der Waals surface area contributed by atoms with Crippen LogP contribution in [0, 0.1) is 6.92 Å². The zero-order chi connectivity index (χ0) is 18.8. The van der Waals surface area contributed by atoms with Crippen molar-refractivity contribution in [2.24, 2.45) is 0 Å². The third-order valence-electron chi connectivity index (χ3n) is 3.41. The van der Waals surface area contributed by atoms with E-state index in [0.717, 1.165) is 29.4 Å². The van der Waals surface area contributed by atoms with Crippen molar-refractivity contribution in [3.05, 3.63) is 53.6 Å². The first-order valence-corrected chi connectivity index (χ1v) is 9.04. The molecule has 0 heterocycles. The zero-order valence-corrected chi connectivity index (χ0v) is 14.8. The summed E-state index contributed by atoms with van der Waals surface area (Å²) in [6.07, 6.45) is -4.61. The molecule has 25 heavy (non-hydrogen) atoms. The number of alkyl halides is 3. The smallest absolute Gasteiger partial charge is 0.383 e. The van der Waals surface area contributed by atoms with Gasteiger partial charge in [0.1, 0.15) is 0 Å². The van der Waals surface area contributed by atoms with Crippen molar-refractivity contribution >= 4 is 21.4 Å². The summed E-state index contributed by atoms with van der Waals surface area (Å²) in [6, 6.07) is 8.69. The van der Waals surface area contributed by atoms with Gasteiger partial charge in [0.05, 0.1) is 16.1 Å². The van der Waals surface area contributed by atoms with Gasteiger partial charge in [-0.1, -0.05) is 12.1 Å². The van der Waals surface area contributed by atoms with Crippen LogP contribution >= 0.6 is 0 Å². The number of nitrogens with one attached hydrogen (secondary N) is 2. The fourth-order valence-corrected chi connectivity index (χ4v) is 3.30. The largest absolute Gasteiger partial charge is 0.416 e. The highest BCUT2D eigenvalue weighted by Gasteiger charge is 2.31. The topological polar surface area (TPSA) is 58.2 Å². The molecule has 0 aliphatic heterocycles. The summed E-state index contributed by atoms with van der Waals surface area (Å²) in [5, 5.41) is 3.18. The predicted molar refractivity (Wildman–Crippen MR) is 92.2 cm³/mol. The third kappa shape index (κ3) is 4.88. The summed E-state index contributed by atoms with van der Waals surface area (Å²) in [4.78, 5) is -0.443. The molecule has 2 aromatic rings. The second-order valence-electron chi connectivity index (χ2n) is 5.96. The van der Waals surface area contributed by atoms with Gasteiger partial charge in [0.15, 0.2) is 0 Å². The zero-order valence-electron chi connectivity index (χ0n) is 14.0. The van der Waals surface area contributed by atoms with Gasteiger partial charge in [0, 0.05) is 11.7 Å². The molecular weight excluding hydrogens is 353 g/mol. The Balaban J connectivity index is 2.33. The maximum absolute atomic E-state index is 12.8. The Labute approximate surface area is 145 Å². The normalized spacial score (nSPS) is 12.3. The van der Waals surface area contributed by atoms with Crippen molar-refractivity contribution in [2.45, 2.75) is 37.9 Å². The molecule has 0 spiro atoms. The van der Waals surface area contributed by atoms with Crippen LogP contribution in [0.4, 0.5) is 24.5 Å². The summed E-state index contributed by atoms with van der Waals surface area (Å²) in [6.45, 7) is 5.76. The molecule has 2 N–H and O–H groups in total. The van der Waals surface area contributed by atoms with Crippen molar-refractivity contribution in [3.8, 4) is 0 Å². The van der Waals surface area contributed by atoms with Crippen LogP contribution < -0.4 is 10.0 Å². The fourth-order valence-electron chi connectivity index (χ4n) is 2.21. The average Bonchev–Trinajstić information content (AvgIpc) is 2.49. The van der Waals surface area contributed by atoms with E-state index >= 15 is 0 Å². The van der Waals surface area contributed by atoms with Gasteiger partial charge in [0.25, 0.3) is 10.0 Å². The van der Waals surface area contributed by atoms with Gasteiger partial charge in [0.2, 0.25) is 0 Å². The summed E-state index contributed by atoms with van der Waals surface area (Å²) in [7, 11) is -4.13. The molecule has 0 atom stereocenters. The van der Waals surface area contributed by atoms with Crippen LogP contribution in [0.25, 0.3) is 0 Å². The van der Waals surface area contributed by atoms with Crippen LogP contribution in [0.2, 0.25) is 0 Å². The molecule has 0 aromatic heterocycles. The molecule has 2 aromatic carbocycles. The molecule has 0 saturated heterocycles. The van der Waals surface area contributed by atoms with E-state index in [9.17, 15) is 21.6 Å². The molecule has 136 valence electrons. The first-order chi connectivity index (χ1) is 11.5. The number of aryl methyl sites for hydroxylation is 1. The highest BCUT2D eigenvalue weighted by molar-refractivity contribution is 7.92. The molecule has 0 radical (unpaired) electrons. The van der Waals surface area contributed by atoms with E-state index < -0.39 is 26.7 Å². The first-order valence-electron chi connectivity index (χ1n) is 7.56. The van der Waals surface area contributed by atoms with Gasteiger partial charge in [-0.05, 0) is 56.7 Å². The van der Waals surface area contributed by atoms with Crippen molar-refractivity contribution in [1.29, 1.82) is 0 Å². The molecule has 0 aliphatic rings. The van der Waals surface area contributed by atoms with Crippen molar-refractivity contribution in [3.63, 3.8) is 0 Å². The van der Waals surface area contributed by atoms with Crippen LogP contribution in [0.15, 0.2) is 47.4 Å². The lowest BCUT2D eigenvalue weighted by Crippen LogP contribution is -2.15. The number of halogens is 3. The number of sulfonamides is 1. The van der Waals surface area contributed by atoms with E-state index in [4.69, 9.17) is 0 Å². The molecule has 2 rings (SSSR count). The molecular formula is C17H19F3N2O2S. The lowest BCUT2D eigenvalue weighted by Gasteiger charge is -2.15. The first kappa shape index (κ1) is 19.1. The molecule has 0 fully saturated rings. The van der Waals surface area contributed by atoms with Gasteiger partial charge >= 0.3 is 6.18 Å². The summed E-state index contributed by atoms with van der Waals surface area (Å²) < 4.78 is 65.5. The molecule has 0 bridgehead atoms. The van der Waals surface area contributed by atoms with E-state index in [1.54, 1.807) is 18.2 Å². The molecule has 4 nitrogen and oxygen atoms in total. The fraction of sp³-hybridized carbons (Fsp3) is 0.294. The average molecular weight is 372 g/mol. The minimum atomic E-state index is -4.61. The lowest BCUT2D eigenvalue weighted by molar-refractivity contribution is -0.137. The third-order valence-corrected chi connectivity index (χ3v) is 4.78. The van der Waals surface area contributed by atoms with Crippen molar-refractivity contribution in [1.82, 2.24) is 0 Å². The Kier molecular flexibility index (Phi) is 5.31. The Bertz CT molecular complexity index is 862. The SMILES string of the molecule is Cc1ccc(NS(=O)(=O)c2cccc(C(F)(F)F)c2)cc1NC(C)C. The number of rotatable bonds is 5. The van der Waals surface area contributed by atoms with E-state index in [1.807, 2.05) is 20.8 Å².